The molecule has 0 unspecified atom stereocenters. The minimum atomic E-state index is -1.36. The lowest BCUT2D eigenvalue weighted by Crippen LogP contribution is -2.46. The number of carbonyl (C=O) groups excluding carboxylic acids is 2. The molecule has 32 heavy (non-hydrogen) atoms. The van der Waals surface area contributed by atoms with Gasteiger partial charge in [0.25, 0.3) is 0 Å². The van der Waals surface area contributed by atoms with Gasteiger partial charge in [0.05, 0.1) is 18.1 Å². The maximum absolute atomic E-state index is 13.3. The van der Waals surface area contributed by atoms with E-state index in [0.29, 0.717) is 17.8 Å². The first kappa shape index (κ1) is 23.1. The quantitative estimate of drug-likeness (QED) is 0.441. The molecule has 0 aromatic carbocycles. The normalized spacial score (nSPS) is 48.8. The molecule has 2 saturated heterocycles. The SMILES string of the molecule is CC(C)[C@@H]1CC[C@@H](C)C[C@H]1O[C@@H]1OC(=O)[C@@]2([C@H]3[C@H](O)OC(=O)[C@]32Br)[C@H]1OC1CCCCC1. The highest BCUT2D eigenvalue weighted by atomic mass is 79.9. The van der Waals surface area contributed by atoms with Crippen LogP contribution in [-0.4, -0.2) is 52.3 Å². The average molecular weight is 515 g/mol. The number of hydrogen-bond acceptors (Lipinski definition) is 7. The van der Waals surface area contributed by atoms with Crippen LogP contribution < -0.4 is 0 Å². The fourth-order valence-corrected chi connectivity index (χ4v) is 8.05. The zero-order valence-corrected chi connectivity index (χ0v) is 20.7. The zero-order valence-electron chi connectivity index (χ0n) is 19.1. The molecule has 9 atom stereocenters. The van der Waals surface area contributed by atoms with Crippen LogP contribution in [0.3, 0.4) is 0 Å². The number of esters is 2. The molecule has 3 aliphatic carbocycles. The van der Waals surface area contributed by atoms with Crippen molar-refractivity contribution in [1.82, 2.24) is 0 Å². The molecule has 5 aliphatic rings. The van der Waals surface area contributed by atoms with Crippen LogP contribution in [0.2, 0.25) is 0 Å². The van der Waals surface area contributed by atoms with Crippen molar-refractivity contribution in [2.24, 2.45) is 29.1 Å². The lowest BCUT2D eigenvalue weighted by molar-refractivity contribution is -0.223. The number of cyclic esters (lactones) is 2. The second-order valence-electron chi connectivity index (χ2n) is 10.9. The maximum Gasteiger partial charge on any atom is 0.327 e. The van der Waals surface area contributed by atoms with Gasteiger partial charge in [-0.15, -0.1) is 0 Å². The van der Waals surface area contributed by atoms with Gasteiger partial charge in [-0.1, -0.05) is 62.4 Å². The highest BCUT2D eigenvalue weighted by Crippen LogP contribution is 2.77. The molecule has 0 amide bonds. The van der Waals surface area contributed by atoms with Crippen molar-refractivity contribution in [3.8, 4) is 0 Å². The van der Waals surface area contributed by atoms with E-state index in [1.54, 1.807) is 0 Å². The van der Waals surface area contributed by atoms with Crippen LogP contribution in [0.1, 0.15) is 72.1 Å². The number of aliphatic hydroxyl groups is 1. The Morgan fingerprint density at radius 1 is 1.03 bits per heavy atom. The Labute approximate surface area is 198 Å². The Bertz CT molecular complexity index is 767. The van der Waals surface area contributed by atoms with E-state index in [1.807, 2.05) is 0 Å². The third-order valence-corrected chi connectivity index (χ3v) is 10.1. The molecule has 180 valence electrons. The van der Waals surface area contributed by atoms with Crippen LogP contribution in [0.15, 0.2) is 0 Å². The molecule has 0 bridgehead atoms. The van der Waals surface area contributed by atoms with Crippen molar-refractivity contribution < 1.29 is 33.6 Å². The highest BCUT2D eigenvalue weighted by Gasteiger charge is 2.96. The van der Waals surface area contributed by atoms with Crippen LogP contribution in [0.25, 0.3) is 0 Å². The monoisotopic (exact) mass is 514 g/mol. The molecule has 2 aliphatic heterocycles. The summed E-state index contributed by atoms with van der Waals surface area (Å²) in [6.45, 7) is 6.65. The largest absolute Gasteiger partial charge is 0.434 e. The van der Waals surface area contributed by atoms with Crippen molar-refractivity contribution >= 4 is 27.9 Å². The number of aliphatic hydroxyl groups excluding tert-OH is 1. The Kier molecular flexibility index (Phi) is 5.91. The fourth-order valence-electron chi connectivity index (χ4n) is 6.85. The van der Waals surface area contributed by atoms with Gasteiger partial charge >= 0.3 is 11.9 Å². The Hall–Kier alpha value is -0.700. The standard InChI is InChI=1S/C24H35BrO7/c1-12(2)15-10-9-13(3)11-16(15)30-20-18(29-14-7-5-4-6-8-14)23(21(27)32-20)17-19(26)31-22(28)24(17,23)25/h12-20,26H,4-11H2,1-3H3/t13-,15+,16-,17-,18+,19-,20-,23-,24-/m1/s1. The molecule has 8 heteroatoms. The smallest absolute Gasteiger partial charge is 0.327 e. The number of rotatable bonds is 5. The summed E-state index contributed by atoms with van der Waals surface area (Å²) < 4.78 is 22.6. The van der Waals surface area contributed by atoms with Crippen molar-refractivity contribution in [1.29, 1.82) is 0 Å². The molecular formula is C24H35BrO7. The summed E-state index contributed by atoms with van der Waals surface area (Å²) in [5, 5.41) is 10.4. The van der Waals surface area contributed by atoms with E-state index in [-0.39, 0.29) is 12.2 Å². The Balaban J connectivity index is 1.44. The van der Waals surface area contributed by atoms with Gasteiger partial charge in [0, 0.05) is 0 Å². The van der Waals surface area contributed by atoms with Crippen LogP contribution in [-0.2, 0) is 28.5 Å². The van der Waals surface area contributed by atoms with E-state index in [1.165, 1.54) is 12.8 Å². The van der Waals surface area contributed by atoms with E-state index in [0.717, 1.165) is 38.5 Å². The number of ether oxygens (including phenoxy) is 4. The summed E-state index contributed by atoms with van der Waals surface area (Å²) in [7, 11) is 0. The number of hydrogen-bond donors (Lipinski definition) is 1. The van der Waals surface area contributed by atoms with Gasteiger partial charge in [-0.2, -0.15) is 0 Å². The molecule has 3 saturated carbocycles. The first-order chi connectivity index (χ1) is 15.2. The summed E-state index contributed by atoms with van der Waals surface area (Å²) >= 11 is 3.48. The van der Waals surface area contributed by atoms with Gasteiger partial charge in [0.2, 0.25) is 12.6 Å². The number of alkyl halides is 1. The maximum atomic E-state index is 13.3. The third-order valence-electron chi connectivity index (χ3n) is 8.67. The molecule has 0 aromatic rings. The molecule has 5 fully saturated rings. The van der Waals surface area contributed by atoms with Crippen LogP contribution in [0.5, 0.6) is 0 Å². The summed E-state index contributed by atoms with van der Waals surface area (Å²) in [5.74, 6) is -0.524. The summed E-state index contributed by atoms with van der Waals surface area (Å²) in [6.07, 6.45) is 5.27. The fraction of sp³-hybridized carbons (Fsp3) is 0.917. The summed E-state index contributed by atoms with van der Waals surface area (Å²) in [5.41, 5.74) is -1.31. The van der Waals surface area contributed by atoms with E-state index in [9.17, 15) is 14.7 Å². The Morgan fingerprint density at radius 3 is 2.38 bits per heavy atom. The molecule has 0 aromatic heterocycles. The van der Waals surface area contributed by atoms with E-state index in [2.05, 4.69) is 36.7 Å². The van der Waals surface area contributed by atoms with E-state index < -0.39 is 46.3 Å². The number of fused-ring (bicyclic) bond motifs is 3. The lowest BCUT2D eigenvalue weighted by Gasteiger charge is -2.39. The van der Waals surface area contributed by atoms with Crippen LogP contribution in [0.4, 0.5) is 0 Å². The van der Waals surface area contributed by atoms with Gasteiger partial charge in [-0.05, 0) is 43.4 Å². The average Bonchev–Trinajstić information content (AvgIpc) is 3.13. The topological polar surface area (TPSA) is 91.3 Å². The van der Waals surface area contributed by atoms with Gasteiger partial charge in [-0.25, -0.2) is 0 Å². The first-order valence-electron chi connectivity index (χ1n) is 12.3. The van der Waals surface area contributed by atoms with Gasteiger partial charge in [0.15, 0.2) is 4.32 Å². The molecule has 0 radical (unpaired) electrons. The second kappa shape index (κ2) is 8.21. The molecule has 5 rings (SSSR count). The van der Waals surface area contributed by atoms with E-state index >= 15 is 0 Å². The second-order valence-corrected chi connectivity index (χ2v) is 12.2. The van der Waals surface area contributed by atoms with E-state index in [4.69, 9.17) is 18.9 Å². The molecular weight excluding hydrogens is 480 g/mol. The van der Waals surface area contributed by atoms with Crippen molar-refractivity contribution in [2.75, 3.05) is 0 Å². The molecule has 1 spiro atoms. The number of halogens is 1. The number of carbonyl (C=O) groups is 2. The van der Waals surface area contributed by atoms with Gasteiger partial charge in [0.1, 0.15) is 11.5 Å². The van der Waals surface area contributed by atoms with Gasteiger partial charge in [-0.3, -0.25) is 9.59 Å². The van der Waals surface area contributed by atoms with Crippen molar-refractivity contribution in [3.63, 3.8) is 0 Å². The summed E-state index contributed by atoms with van der Waals surface area (Å²) in [4.78, 5) is 26.0. The Morgan fingerprint density at radius 2 is 1.75 bits per heavy atom. The van der Waals surface area contributed by atoms with Crippen molar-refractivity contribution in [2.45, 2.75) is 107 Å². The predicted molar refractivity (Wildman–Crippen MR) is 118 cm³/mol. The minimum Gasteiger partial charge on any atom is -0.434 e. The molecule has 7 nitrogen and oxygen atoms in total. The molecule has 1 N–H and O–H groups in total. The lowest BCUT2D eigenvalue weighted by atomic mass is 9.75. The molecule has 2 heterocycles. The first-order valence-corrected chi connectivity index (χ1v) is 13.1. The van der Waals surface area contributed by atoms with Gasteiger partial charge < -0.3 is 24.1 Å². The minimum absolute atomic E-state index is 0.0111. The van der Waals surface area contributed by atoms with Crippen molar-refractivity contribution in [3.05, 3.63) is 0 Å². The summed E-state index contributed by atoms with van der Waals surface area (Å²) in [6, 6.07) is 0. The predicted octanol–water partition coefficient (Wildman–Crippen LogP) is 3.69. The highest BCUT2D eigenvalue weighted by molar-refractivity contribution is 9.10. The third kappa shape index (κ3) is 3.23. The van der Waals surface area contributed by atoms with Crippen LogP contribution >= 0.6 is 15.9 Å². The van der Waals surface area contributed by atoms with Crippen LogP contribution in [0, 0.1) is 29.1 Å². The zero-order chi connectivity index (χ0) is 22.8.